The van der Waals surface area contributed by atoms with Crippen molar-refractivity contribution in [3.8, 4) is 0 Å². The average Bonchev–Trinajstić information content (AvgIpc) is 3.27. The van der Waals surface area contributed by atoms with Crippen molar-refractivity contribution in [1.29, 1.82) is 0 Å². The van der Waals surface area contributed by atoms with Crippen molar-refractivity contribution in [3.05, 3.63) is 29.7 Å². The Bertz CT molecular complexity index is 943. The lowest BCUT2D eigenvalue weighted by atomic mass is 10.3. The molecule has 3 aliphatic carbocycles. The number of aryl methyl sites for hydroxylation is 1. The lowest BCUT2D eigenvalue weighted by molar-refractivity contribution is -0.176. The third kappa shape index (κ3) is 8.04. The second-order valence-corrected chi connectivity index (χ2v) is 8.64. The molecule has 0 aromatic carbocycles. The largest absolute Gasteiger partial charge is 0.465 e. The molecule has 0 radical (unpaired) electrons. The van der Waals surface area contributed by atoms with Gasteiger partial charge in [0.25, 0.3) is 5.91 Å². The first-order chi connectivity index (χ1) is 16.1. The summed E-state index contributed by atoms with van der Waals surface area (Å²) < 4.78 is 41.6. The van der Waals surface area contributed by atoms with Crippen molar-refractivity contribution in [1.82, 2.24) is 25.3 Å². The highest BCUT2D eigenvalue weighted by atomic mass is 19.4. The Hall–Kier alpha value is -3.09. The van der Waals surface area contributed by atoms with Crippen molar-refractivity contribution in [3.63, 3.8) is 0 Å². The van der Waals surface area contributed by atoms with Crippen LogP contribution in [-0.2, 0) is 18.4 Å². The number of anilines is 1. The number of hydrogen-bond acceptors (Lipinski definition) is 5. The molecule has 2 aromatic rings. The standard InChI is InChI=1S/C11H12F3N5O2.C5H7NO2.C5H10/c1-19-8(10(20)16-9-2-3-15-17-9)4-7(18-19)5-21-6-11(12,13)14;7-4(8)6-5-1-3(5)2-5;1-2-4-5-3-1/h2-4H,5-6H2,1H3,(H2,15,16,17,20);3,6H,1-2H2,(H,7,8);1-5H2. The highest BCUT2D eigenvalue weighted by Gasteiger charge is 2.70. The minimum atomic E-state index is -4.39. The number of hydrogen-bond donors (Lipinski definition) is 4. The number of aromatic amines is 1. The maximum Gasteiger partial charge on any atom is 0.411 e. The number of amides is 2. The van der Waals surface area contributed by atoms with E-state index in [-0.39, 0.29) is 23.5 Å². The Morgan fingerprint density at radius 2 is 1.88 bits per heavy atom. The van der Waals surface area contributed by atoms with Crippen LogP contribution in [0.2, 0.25) is 0 Å². The number of aromatic nitrogens is 4. The van der Waals surface area contributed by atoms with E-state index in [1.807, 2.05) is 0 Å². The Kier molecular flexibility index (Phi) is 8.18. The van der Waals surface area contributed by atoms with Gasteiger partial charge in [-0.1, -0.05) is 32.1 Å². The Labute approximate surface area is 194 Å². The van der Waals surface area contributed by atoms with Crippen LogP contribution in [0.15, 0.2) is 18.3 Å². The zero-order valence-corrected chi connectivity index (χ0v) is 18.8. The normalized spacial score (nSPS) is 21.8. The summed E-state index contributed by atoms with van der Waals surface area (Å²) in [7, 11) is 1.51. The van der Waals surface area contributed by atoms with Crippen molar-refractivity contribution in [2.45, 2.75) is 63.3 Å². The zero-order chi connectivity index (χ0) is 24.8. The summed E-state index contributed by atoms with van der Waals surface area (Å²) in [6.07, 6.45) is 5.87. The Morgan fingerprint density at radius 1 is 1.26 bits per heavy atom. The quantitative estimate of drug-likeness (QED) is 0.490. The summed E-state index contributed by atoms with van der Waals surface area (Å²) in [5, 5.41) is 23.4. The van der Waals surface area contributed by atoms with E-state index in [1.165, 1.54) is 56.1 Å². The molecule has 0 saturated heterocycles. The molecule has 3 saturated carbocycles. The van der Waals surface area contributed by atoms with Gasteiger partial charge in [-0.15, -0.1) is 0 Å². The molecule has 0 unspecified atom stereocenters. The summed E-state index contributed by atoms with van der Waals surface area (Å²) in [4.78, 5) is 21.9. The maximum absolute atomic E-state index is 12.0. The predicted molar refractivity (Wildman–Crippen MR) is 115 cm³/mol. The van der Waals surface area contributed by atoms with E-state index in [4.69, 9.17) is 5.11 Å². The molecule has 3 fully saturated rings. The van der Waals surface area contributed by atoms with E-state index in [0.29, 0.717) is 11.7 Å². The second-order valence-electron chi connectivity index (χ2n) is 8.64. The van der Waals surface area contributed by atoms with E-state index in [1.54, 1.807) is 6.07 Å². The molecule has 5 rings (SSSR count). The van der Waals surface area contributed by atoms with Crippen LogP contribution in [0.1, 0.15) is 61.1 Å². The van der Waals surface area contributed by atoms with E-state index in [2.05, 4.69) is 30.7 Å². The first kappa shape index (κ1) is 25.5. The number of H-pyrrole nitrogens is 1. The number of nitrogens with one attached hydrogen (secondary N) is 3. The van der Waals surface area contributed by atoms with Gasteiger partial charge in [-0.3, -0.25) is 14.6 Å². The number of carbonyl (C=O) groups is 2. The predicted octanol–water partition coefficient (Wildman–Crippen LogP) is 3.84. The van der Waals surface area contributed by atoms with Crippen molar-refractivity contribution >= 4 is 17.8 Å². The number of rotatable bonds is 6. The van der Waals surface area contributed by atoms with Gasteiger partial charge in [0.15, 0.2) is 0 Å². The fourth-order valence-electron chi connectivity index (χ4n) is 3.60. The molecule has 0 atom stereocenters. The van der Waals surface area contributed by atoms with Crippen molar-refractivity contribution < 1.29 is 32.6 Å². The molecule has 188 valence electrons. The van der Waals surface area contributed by atoms with E-state index < -0.39 is 24.8 Å². The van der Waals surface area contributed by atoms with Crippen LogP contribution in [-0.4, -0.2) is 55.4 Å². The molecule has 2 heterocycles. The monoisotopic (exact) mass is 486 g/mol. The molecule has 0 bridgehead atoms. The Balaban J connectivity index is 0.000000199. The highest BCUT2D eigenvalue weighted by molar-refractivity contribution is 6.02. The summed E-state index contributed by atoms with van der Waals surface area (Å²) in [6, 6.07) is 2.92. The van der Waals surface area contributed by atoms with Crippen LogP contribution in [0.4, 0.5) is 23.8 Å². The van der Waals surface area contributed by atoms with Crippen LogP contribution >= 0.6 is 0 Å². The zero-order valence-electron chi connectivity index (χ0n) is 18.8. The molecule has 0 aliphatic heterocycles. The number of fused-ring (bicyclic) bond motifs is 1. The molecular formula is C21H29F3N6O4. The molecule has 0 spiro atoms. The molecule has 2 amide bonds. The lowest BCUT2D eigenvalue weighted by Gasteiger charge is -2.05. The first-order valence-electron chi connectivity index (χ1n) is 11.1. The number of alkyl halides is 3. The van der Waals surface area contributed by atoms with E-state index in [0.717, 1.165) is 12.8 Å². The fraction of sp³-hybridized carbons (Fsp3) is 0.619. The summed E-state index contributed by atoms with van der Waals surface area (Å²) in [5.41, 5.74) is 0.512. The number of carbonyl (C=O) groups excluding carboxylic acids is 1. The van der Waals surface area contributed by atoms with E-state index in [9.17, 15) is 22.8 Å². The van der Waals surface area contributed by atoms with Gasteiger partial charge < -0.3 is 20.5 Å². The van der Waals surface area contributed by atoms with Crippen LogP contribution in [0.25, 0.3) is 0 Å². The van der Waals surface area contributed by atoms with Crippen LogP contribution in [0, 0.1) is 5.92 Å². The molecular weight excluding hydrogens is 457 g/mol. The smallest absolute Gasteiger partial charge is 0.411 e. The SMILES string of the molecule is C1CCCC1.Cn1nc(COCC(F)(F)F)cc1C(=O)Nc1ccn[nH]1.O=C(O)NC12CC1C2. The molecule has 4 N–H and O–H groups in total. The van der Waals surface area contributed by atoms with Gasteiger partial charge in [0.05, 0.1) is 18.5 Å². The molecule has 3 aliphatic rings. The van der Waals surface area contributed by atoms with Crippen molar-refractivity contribution in [2.24, 2.45) is 13.0 Å². The second kappa shape index (κ2) is 10.9. The van der Waals surface area contributed by atoms with E-state index >= 15 is 0 Å². The van der Waals surface area contributed by atoms with Gasteiger partial charge >= 0.3 is 12.3 Å². The fourth-order valence-corrected chi connectivity index (χ4v) is 3.60. The van der Waals surface area contributed by atoms with Crippen LogP contribution in [0.5, 0.6) is 0 Å². The van der Waals surface area contributed by atoms with Gasteiger partial charge in [0, 0.05) is 18.7 Å². The molecule has 13 heteroatoms. The number of halogens is 3. The summed E-state index contributed by atoms with van der Waals surface area (Å²) >= 11 is 0. The maximum atomic E-state index is 12.0. The number of carboxylic acid groups (broad SMARTS) is 1. The van der Waals surface area contributed by atoms with Crippen LogP contribution < -0.4 is 10.6 Å². The average molecular weight is 486 g/mol. The molecule has 2 aromatic heterocycles. The molecule has 34 heavy (non-hydrogen) atoms. The summed E-state index contributed by atoms with van der Waals surface area (Å²) in [6.45, 7) is -1.69. The van der Waals surface area contributed by atoms with Crippen molar-refractivity contribution in [2.75, 3.05) is 11.9 Å². The third-order valence-electron chi connectivity index (χ3n) is 5.72. The van der Waals surface area contributed by atoms with Gasteiger partial charge in [-0.05, 0) is 24.8 Å². The van der Waals surface area contributed by atoms with Gasteiger partial charge in [-0.2, -0.15) is 23.4 Å². The first-order valence-corrected chi connectivity index (χ1v) is 11.1. The lowest BCUT2D eigenvalue weighted by Crippen LogP contribution is -2.28. The highest BCUT2D eigenvalue weighted by Crippen LogP contribution is 2.66. The topological polar surface area (TPSA) is 134 Å². The molecule has 10 nitrogen and oxygen atoms in total. The van der Waals surface area contributed by atoms with Gasteiger partial charge in [0.2, 0.25) is 0 Å². The number of ether oxygens (including phenoxy) is 1. The van der Waals surface area contributed by atoms with Crippen LogP contribution in [0.3, 0.4) is 0 Å². The number of nitrogens with zero attached hydrogens (tertiary/aromatic N) is 3. The summed E-state index contributed by atoms with van der Waals surface area (Å²) in [5.74, 6) is 0.644. The van der Waals surface area contributed by atoms with Gasteiger partial charge in [0.1, 0.15) is 18.1 Å². The van der Waals surface area contributed by atoms with Gasteiger partial charge in [-0.25, -0.2) is 4.79 Å². The minimum Gasteiger partial charge on any atom is -0.465 e. The Morgan fingerprint density at radius 3 is 2.32 bits per heavy atom. The third-order valence-corrected chi connectivity index (χ3v) is 5.72. The minimum absolute atomic E-state index is 0.0891.